The molecule has 1 aliphatic rings. The van der Waals surface area contributed by atoms with Crippen LogP contribution >= 0.6 is 0 Å². The number of nitrogens with one attached hydrogen (secondary N) is 1. The lowest BCUT2D eigenvalue weighted by Crippen LogP contribution is -2.37. The first-order valence-corrected chi connectivity index (χ1v) is 7.94. The van der Waals surface area contributed by atoms with Crippen molar-refractivity contribution in [2.75, 3.05) is 20.1 Å². The van der Waals surface area contributed by atoms with E-state index in [1.807, 2.05) is 0 Å². The van der Waals surface area contributed by atoms with Gasteiger partial charge >= 0.3 is 0 Å². The fourth-order valence-corrected chi connectivity index (χ4v) is 2.51. The Morgan fingerprint density at radius 1 is 1.10 bits per heavy atom. The van der Waals surface area contributed by atoms with E-state index in [2.05, 4.69) is 62.3 Å². The Morgan fingerprint density at radius 3 is 2.25 bits per heavy atom. The summed E-state index contributed by atoms with van der Waals surface area (Å²) in [4.78, 5) is 2.45. The van der Waals surface area contributed by atoms with E-state index < -0.39 is 0 Å². The second-order valence-corrected chi connectivity index (χ2v) is 7.38. The van der Waals surface area contributed by atoms with Gasteiger partial charge in [0.15, 0.2) is 0 Å². The summed E-state index contributed by atoms with van der Waals surface area (Å²) in [6.45, 7) is 10.0. The van der Waals surface area contributed by atoms with Crippen LogP contribution in [0.1, 0.15) is 44.7 Å². The van der Waals surface area contributed by atoms with E-state index in [4.69, 9.17) is 0 Å². The van der Waals surface area contributed by atoms with Crippen molar-refractivity contribution in [2.24, 2.45) is 5.92 Å². The molecule has 0 aliphatic heterocycles. The Morgan fingerprint density at radius 2 is 1.70 bits per heavy atom. The van der Waals surface area contributed by atoms with Gasteiger partial charge in [0, 0.05) is 18.6 Å². The molecule has 1 aliphatic carbocycles. The molecule has 2 rings (SSSR count). The van der Waals surface area contributed by atoms with E-state index in [9.17, 15) is 0 Å². The molecule has 0 bridgehead atoms. The largest absolute Gasteiger partial charge is 0.312 e. The summed E-state index contributed by atoms with van der Waals surface area (Å²) in [5.41, 5.74) is 3.07. The van der Waals surface area contributed by atoms with Crippen LogP contribution in [-0.2, 0) is 13.0 Å². The van der Waals surface area contributed by atoms with Gasteiger partial charge in [-0.2, -0.15) is 0 Å². The third-order valence-electron chi connectivity index (χ3n) is 3.81. The predicted octanol–water partition coefficient (Wildman–Crippen LogP) is 3.46. The van der Waals surface area contributed by atoms with Crippen LogP contribution in [0.15, 0.2) is 24.3 Å². The summed E-state index contributed by atoms with van der Waals surface area (Å²) in [5, 5.41) is 3.54. The van der Waals surface area contributed by atoms with Crippen LogP contribution in [0.3, 0.4) is 0 Å². The Balaban J connectivity index is 1.74. The van der Waals surface area contributed by atoms with Crippen LogP contribution in [0.25, 0.3) is 0 Å². The molecule has 1 saturated carbocycles. The standard InChI is InChI=1S/C18H30N2/c1-18(2,3)19-12-11-15-5-7-16(8-6-15)13-20(4)14-17-9-10-17/h5-8,17,19H,9-14H2,1-4H3. The third-order valence-corrected chi connectivity index (χ3v) is 3.81. The molecule has 20 heavy (non-hydrogen) atoms. The number of nitrogens with zero attached hydrogens (tertiary/aromatic N) is 1. The molecule has 2 nitrogen and oxygen atoms in total. The average Bonchev–Trinajstić information content (AvgIpc) is 3.13. The minimum absolute atomic E-state index is 0.214. The molecular weight excluding hydrogens is 244 g/mol. The van der Waals surface area contributed by atoms with Crippen LogP contribution in [0, 0.1) is 5.92 Å². The predicted molar refractivity (Wildman–Crippen MR) is 87.0 cm³/mol. The maximum absolute atomic E-state index is 3.54. The fraction of sp³-hybridized carbons (Fsp3) is 0.667. The molecule has 1 aromatic carbocycles. The van der Waals surface area contributed by atoms with Gasteiger partial charge in [0.05, 0.1) is 0 Å². The number of hydrogen-bond donors (Lipinski definition) is 1. The molecule has 112 valence electrons. The summed E-state index contributed by atoms with van der Waals surface area (Å²) in [7, 11) is 2.24. The minimum Gasteiger partial charge on any atom is -0.312 e. The van der Waals surface area contributed by atoms with Crippen molar-refractivity contribution in [1.29, 1.82) is 0 Å². The van der Waals surface area contributed by atoms with Crippen molar-refractivity contribution in [2.45, 2.75) is 52.1 Å². The zero-order valence-electron chi connectivity index (χ0n) is 13.6. The number of rotatable bonds is 7. The van der Waals surface area contributed by atoms with Gasteiger partial charge in [0.1, 0.15) is 0 Å². The Kier molecular flexibility index (Phi) is 5.22. The Bertz CT molecular complexity index is 398. The van der Waals surface area contributed by atoms with Crippen molar-refractivity contribution < 1.29 is 0 Å². The van der Waals surface area contributed by atoms with Crippen LogP contribution < -0.4 is 5.32 Å². The molecular formula is C18H30N2. The second-order valence-electron chi connectivity index (χ2n) is 7.38. The monoisotopic (exact) mass is 274 g/mol. The van der Waals surface area contributed by atoms with Crippen LogP contribution in [0.5, 0.6) is 0 Å². The highest BCUT2D eigenvalue weighted by Gasteiger charge is 2.22. The lowest BCUT2D eigenvalue weighted by atomic mass is 10.1. The molecule has 0 amide bonds. The molecule has 2 heteroatoms. The maximum Gasteiger partial charge on any atom is 0.0230 e. The summed E-state index contributed by atoms with van der Waals surface area (Å²) >= 11 is 0. The van der Waals surface area contributed by atoms with Crippen LogP contribution in [0.2, 0.25) is 0 Å². The SMILES string of the molecule is CN(Cc1ccc(CCNC(C)(C)C)cc1)CC1CC1. The second kappa shape index (κ2) is 6.73. The van der Waals surface area contributed by atoms with Crippen LogP contribution in [-0.4, -0.2) is 30.6 Å². The first-order valence-electron chi connectivity index (χ1n) is 7.94. The summed E-state index contributed by atoms with van der Waals surface area (Å²) in [6.07, 6.45) is 3.98. The van der Waals surface area contributed by atoms with E-state index in [0.29, 0.717) is 0 Å². The van der Waals surface area contributed by atoms with Crippen molar-refractivity contribution >= 4 is 0 Å². The van der Waals surface area contributed by atoms with Crippen molar-refractivity contribution in [3.05, 3.63) is 35.4 Å². The Labute approximate surface area is 124 Å². The number of hydrogen-bond acceptors (Lipinski definition) is 2. The van der Waals surface area contributed by atoms with E-state index in [1.165, 1.54) is 30.5 Å². The van der Waals surface area contributed by atoms with Gasteiger partial charge in [-0.3, -0.25) is 0 Å². The topological polar surface area (TPSA) is 15.3 Å². The van der Waals surface area contributed by atoms with Gasteiger partial charge in [-0.15, -0.1) is 0 Å². The van der Waals surface area contributed by atoms with E-state index in [0.717, 1.165) is 25.4 Å². The third kappa shape index (κ3) is 6.06. The van der Waals surface area contributed by atoms with Gasteiger partial charge in [-0.05, 0) is 70.7 Å². The lowest BCUT2D eigenvalue weighted by Gasteiger charge is -2.20. The summed E-state index contributed by atoms with van der Waals surface area (Å²) < 4.78 is 0. The number of benzene rings is 1. The molecule has 0 atom stereocenters. The maximum atomic E-state index is 3.54. The first kappa shape index (κ1) is 15.5. The highest BCUT2D eigenvalue weighted by Crippen LogP contribution is 2.29. The van der Waals surface area contributed by atoms with E-state index >= 15 is 0 Å². The lowest BCUT2D eigenvalue weighted by molar-refractivity contribution is 0.313. The zero-order chi connectivity index (χ0) is 14.6. The van der Waals surface area contributed by atoms with Gasteiger partial charge in [-0.1, -0.05) is 24.3 Å². The van der Waals surface area contributed by atoms with Gasteiger partial charge in [0.2, 0.25) is 0 Å². The fourth-order valence-electron chi connectivity index (χ4n) is 2.51. The molecule has 0 spiro atoms. The van der Waals surface area contributed by atoms with Gasteiger partial charge in [0.25, 0.3) is 0 Å². The molecule has 1 fully saturated rings. The zero-order valence-corrected chi connectivity index (χ0v) is 13.6. The quantitative estimate of drug-likeness (QED) is 0.819. The van der Waals surface area contributed by atoms with E-state index in [1.54, 1.807) is 0 Å². The van der Waals surface area contributed by atoms with E-state index in [-0.39, 0.29) is 5.54 Å². The average molecular weight is 274 g/mol. The van der Waals surface area contributed by atoms with Crippen molar-refractivity contribution in [3.63, 3.8) is 0 Å². The Hall–Kier alpha value is -0.860. The normalized spacial score (nSPS) is 15.8. The molecule has 0 heterocycles. The first-order chi connectivity index (χ1) is 9.42. The van der Waals surface area contributed by atoms with Crippen LogP contribution in [0.4, 0.5) is 0 Å². The van der Waals surface area contributed by atoms with Crippen molar-refractivity contribution in [3.8, 4) is 0 Å². The highest BCUT2D eigenvalue weighted by molar-refractivity contribution is 5.22. The molecule has 0 radical (unpaired) electrons. The van der Waals surface area contributed by atoms with Crippen molar-refractivity contribution in [1.82, 2.24) is 10.2 Å². The molecule has 0 unspecified atom stereocenters. The van der Waals surface area contributed by atoms with Gasteiger partial charge in [-0.25, -0.2) is 0 Å². The van der Waals surface area contributed by atoms with Gasteiger partial charge < -0.3 is 10.2 Å². The molecule has 1 aromatic rings. The molecule has 1 N–H and O–H groups in total. The molecule has 0 aromatic heterocycles. The smallest absolute Gasteiger partial charge is 0.0230 e. The minimum atomic E-state index is 0.214. The summed E-state index contributed by atoms with van der Waals surface area (Å²) in [5.74, 6) is 0.975. The summed E-state index contributed by atoms with van der Waals surface area (Å²) in [6, 6.07) is 9.14. The highest BCUT2D eigenvalue weighted by atomic mass is 15.1. The molecule has 0 saturated heterocycles.